The smallest absolute Gasteiger partial charge is 0.221 e. The number of amides is 1. The van der Waals surface area contributed by atoms with Crippen molar-refractivity contribution in [1.29, 1.82) is 0 Å². The summed E-state index contributed by atoms with van der Waals surface area (Å²) in [7, 11) is 0. The van der Waals surface area contributed by atoms with E-state index in [1.54, 1.807) is 6.20 Å². The van der Waals surface area contributed by atoms with Crippen molar-refractivity contribution in [2.75, 3.05) is 0 Å². The molecule has 0 saturated heterocycles. The Balaban J connectivity index is 1.27. The number of imidazole rings is 1. The maximum atomic E-state index is 12.9. The van der Waals surface area contributed by atoms with Crippen LogP contribution in [0.5, 0.6) is 0 Å². The third kappa shape index (κ3) is 5.32. The van der Waals surface area contributed by atoms with E-state index in [2.05, 4.69) is 53.4 Å². The van der Waals surface area contributed by atoms with Gasteiger partial charge in [0.25, 0.3) is 0 Å². The van der Waals surface area contributed by atoms with Gasteiger partial charge in [0.2, 0.25) is 5.91 Å². The first-order valence-electron chi connectivity index (χ1n) is 11.9. The number of para-hydroxylation sites is 2. The number of oxazole rings is 1. The highest BCUT2D eigenvalue weighted by Crippen LogP contribution is 2.24. The third-order valence-electron chi connectivity index (χ3n) is 6.27. The summed E-state index contributed by atoms with van der Waals surface area (Å²) in [6.45, 7) is 4.16. The van der Waals surface area contributed by atoms with Gasteiger partial charge in [-0.2, -0.15) is 0 Å². The molecular formula is C29H28N4O2. The minimum atomic E-state index is -0.270. The number of hydrogen-bond donors (Lipinski definition) is 2. The number of nitrogens with zero attached hydrogens (tertiary/aromatic N) is 2. The van der Waals surface area contributed by atoms with E-state index in [4.69, 9.17) is 9.40 Å². The van der Waals surface area contributed by atoms with Gasteiger partial charge < -0.3 is 14.7 Å². The molecule has 0 fully saturated rings. The first-order chi connectivity index (χ1) is 17.0. The molecule has 1 atom stereocenters. The lowest BCUT2D eigenvalue weighted by Crippen LogP contribution is -2.31. The van der Waals surface area contributed by atoms with Gasteiger partial charge in [-0.05, 0) is 55.2 Å². The number of rotatable bonds is 8. The molecule has 35 heavy (non-hydrogen) atoms. The predicted molar refractivity (Wildman–Crippen MR) is 137 cm³/mol. The summed E-state index contributed by atoms with van der Waals surface area (Å²) >= 11 is 0. The monoisotopic (exact) mass is 464 g/mol. The van der Waals surface area contributed by atoms with Gasteiger partial charge in [-0.25, -0.2) is 9.97 Å². The van der Waals surface area contributed by atoms with Gasteiger partial charge >= 0.3 is 0 Å². The molecular weight excluding hydrogens is 436 g/mol. The number of fused-ring (bicyclic) bond motifs is 1. The molecule has 0 spiro atoms. The van der Waals surface area contributed by atoms with Gasteiger partial charge in [-0.1, -0.05) is 54.6 Å². The highest BCUT2D eigenvalue weighted by molar-refractivity contribution is 5.77. The van der Waals surface area contributed by atoms with E-state index in [-0.39, 0.29) is 18.4 Å². The average molecular weight is 465 g/mol. The fourth-order valence-electron chi connectivity index (χ4n) is 4.14. The summed E-state index contributed by atoms with van der Waals surface area (Å²) in [5, 5.41) is 3.16. The zero-order valence-corrected chi connectivity index (χ0v) is 19.9. The lowest BCUT2D eigenvalue weighted by Gasteiger charge is -2.17. The van der Waals surface area contributed by atoms with E-state index in [1.165, 1.54) is 11.1 Å². The first kappa shape index (κ1) is 22.6. The Morgan fingerprint density at radius 2 is 1.80 bits per heavy atom. The Labute approximate surface area is 204 Å². The molecule has 2 heterocycles. The number of carbonyl (C=O) groups is 1. The van der Waals surface area contributed by atoms with Crippen LogP contribution in [0.4, 0.5) is 0 Å². The average Bonchev–Trinajstić information content (AvgIpc) is 3.52. The van der Waals surface area contributed by atoms with Gasteiger partial charge in [-0.3, -0.25) is 4.79 Å². The highest BCUT2D eigenvalue weighted by Gasteiger charge is 2.20. The Bertz CT molecular complexity index is 1420. The summed E-state index contributed by atoms with van der Waals surface area (Å²) < 4.78 is 5.93. The molecule has 0 radical (unpaired) electrons. The maximum absolute atomic E-state index is 12.9. The quantitative estimate of drug-likeness (QED) is 0.301. The lowest BCUT2D eigenvalue weighted by atomic mass is 10.1. The Kier molecular flexibility index (Phi) is 6.44. The SMILES string of the molecule is Cc1ccc(-c2cnc(CCC(=O)NC(Cc3ccccc3)c3nc4ccccc4[nH]3)o2)cc1C. The summed E-state index contributed by atoms with van der Waals surface area (Å²) in [6, 6.07) is 23.9. The largest absolute Gasteiger partial charge is 0.441 e. The third-order valence-corrected chi connectivity index (χ3v) is 6.27. The number of aromatic nitrogens is 3. The number of benzene rings is 3. The maximum Gasteiger partial charge on any atom is 0.221 e. The predicted octanol–water partition coefficient (Wildman–Crippen LogP) is 5.87. The van der Waals surface area contributed by atoms with Crippen molar-refractivity contribution in [3.8, 4) is 11.3 Å². The van der Waals surface area contributed by atoms with E-state index >= 15 is 0 Å². The van der Waals surface area contributed by atoms with Crippen molar-refractivity contribution in [3.05, 3.63) is 107 Å². The molecule has 3 aromatic carbocycles. The van der Waals surface area contributed by atoms with E-state index in [0.717, 1.165) is 28.0 Å². The number of carbonyl (C=O) groups excluding carboxylic acids is 1. The molecule has 0 bridgehead atoms. The van der Waals surface area contributed by atoms with E-state index < -0.39 is 0 Å². The van der Waals surface area contributed by atoms with Crippen LogP contribution in [0.25, 0.3) is 22.4 Å². The van der Waals surface area contributed by atoms with E-state index in [0.29, 0.717) is 24.5 Å². The van der Waals surface area contributed by atoms with Crippen molar-refractivity contribution in [2.45, 2.75) is 39.2 Å². The second kappa shape index (κ2) is 9.97. The molecule has 1 amide bonds. The second-order valence-electron chi connectivity index (χ2n) is 8.87. The molecule has 5 aromatic rings. The number of aryl methyl sites for hydroxylation is 3. The van der Waals surface area contributed by atoms with Gasteiger partial charge in [0.05, 0.1) is 23.3 Å². The van der Waals surface area contributed by atoms with Crippen molar-refractivity contribution in [2.24, 2.45) is 0 Å². The zero-order chi connectivity index (χ0) is 24.2. The summed E-state index contributed by atoms with van der Waals surface area (Å²) in [5.41, 5.74) is 6.39. The molecule has 176 valence electrons. The summed E-state index contributed by atoms with van der Waals surface area (Å²) in [4.78, 5) is 25.4. The van der Waals surface area contributed by atoms with Crippen LogP contribution in [0, 0.1) is 13.8 Å². The lowest BCUT2D eigenvalue weighted by molar-refractivity contribution is -0.121. The van der Waals surface area contributed by atoms with Crippen molar-refractivity contribution in [3.63, 3.8) is 0 Å². The molecule has 6 heteroatoms. The Hall–Kier alpha value is -4.19. The molecule has 2 aromatic heterocycles. The van der Waals surface area contributed by atoms with Crippen molar-refractivity contribution < 1.29 is 9.21 Å². The van der Waals surface area contributed by atoms with Gasteiger partial charge in [0.15, 0.2) is 11.7 Å². The Morgan fingerprint density at radius 1 is 1.00 bits per heavy atom. The molecule has 1 unspecified atom stereocenters. The minimum absolute atomic E-state index is 0.0719. The molecule has 5 rings (SSSR count). The standard InChI is InChI=1S/C29H28N4O2/c1-19-12-13-22(16-20(19)2)26-18-30-28(35-26)15-14-27(34)31-25(17-21-8-4-3-5-9-21)29-32-23-10-6-7-11-24(23)33-29/h3-13,16,18,25H,14-15,17H2,1-2H3,(H,31,34)(H,32,33). The fraction of sp³-hybridized carbons (Fsp3) is 0.207. The summed E-state index contributed by atoms with van der Waals surface area (Å²) in [5.74, 6) is 1.94. The molecule has 0 saturated carbocycles. The van der Waals surface area contributed by atoms with Crippen LogP contribution in [0.2, 0.25) is 0 Å². The van der Waals surface area contributed by atoms with Gasteiger partial charge in [0.1, 0.15) is 5.82 Å². The molecule has 6 nitrogen and oxygen atoms in total. The Morgan fingerprint density at radius 3 is 2.60 bits per heavy atom. The molecule has 2 N–H and O–H groups in total. The van der Waals surface area contributed by atoms with E-state index in [9.17, 15) is 4.79 Å². The molecule has 0 aliphatic heterocycles. The van der Waals surface area contributed by atoms with Crippen molar-refractivity contribution >= 4 is 16.9 Å². The molecule has 0 aliphatic rings. The number of H-pyrrole nitrogens is 1. The van der Waals surface area contributed by atoms with Crippen LogP contribution in [0.3, 0.4) is 0 Å². The second-order valence-corrected chi connectivity index (χ2v) is 8.87. The van der Waals surface area contributed by atoms with Crippen LogP contribution >= 0.6 is 0 Å². The number of nitrogens with one attached hydrogen (secondary N) is 2. The minimum Gasteiger partial charge on any atom is -0.441 e. The normalized spacial score (nSPS) is 12.1. The topological polar surface area (TPSA) is 83.8 Å². The van der Waals surface area contributed by atoms with Crippen LogP contribution in [-0.2, 0) is 17.6 Å². The zero-order valence-electron chi connectivity index (χ0n) is 19.9. The van der Waals surface area contributed by atoms with Gasteiger partial charge in [-0.15, -0.1) is 0 Å². The fourth-order valence-corrected chi connectivity index (χ4v) is 4.14. The van der Waals surface area contributed by atoms with Crippen molar-refractivity contribution in [1.82, 2.24) is 20.3 Å². The van der Waals surface area contributed by atoms with Gasteiger partial charge in [0, 0.05) is 18.4 Å². The van der Waals surface area contributed by atoms with Crippen LogP contribution in [0.15, 0.2) is 83.4 Å². The number of hydrogen-bond acceptors (Lipinski definition) is 4. The molecule has 0 aliphatic carbocycles. The van der Waals surface area contributed by atoms with Crippen LogP contribution < -0.4 is 5.32 Å². The number of aromatic amines is 1. The van der Waals surface area contributed by atoms with E-state index in [1.807, 2.05) is 48.5 Å². The van der Waals surface area contributed by atoms with Crippen LogP contribution in [-0.4, -0.2) is 20.9 Å². The summed E-state index contributed by atoms with van der Waals surface area (Å²) in [6.07, 6.45) is 3.07. The highest BCUT2D eigenvalue weighted by atomic mass is 16.4. The van der Waals surface area contributed by atoms with Crippen LogP contribution in [0.1, 0.15) is 40.9 Å². The first-order valence-corrected chi connectivity index (χ1v) is 11.9.